The van der Waals surface area contributed by atoms with E-state index in [9.17, 15) is 18.8 Å². The predicted octanol–water partition coefficient (Wildman–Crippen LogP) is 1.40. The first-order chi connectivity index (χ1) is 12.8. The molecular weight excluding hydrogens is 359 g/mol. The first kappa shape index (κ1) is 18.4. The van der Waals surface area contributed by atoms with Crippen LogP contribution in [0, 0.1) is 5.82 Å². The number of hydrogen-bond donors (Lipinski definition) is 1. The fraction of sp³-hybridized carbons (Fsp3) is 0.294. The molecule has 142 valence electrons. The maximum Gasteiger partial charge on any atom is 0.414 e. The summed E-state index contributed by atoms with van der Waals surface area (Å²) in [5, 5.41) is 6.54. The molecule has 1 N–H and O–H groups in total. The molecule has 10 heteroatoms. The lowest BCUT2D eigenvalue weighted by Crippen LogP contribution is -2.33. The van der Waals surface area contributed by atoms with Gasteiger partial charge >= 0.3 is 12.1 Å². The second-order valence-corrected chi connectivity index (χ2v) is 5.88. The molecular formula is C17H17FN4O5. The van der Waals surface area contributed by atoms with Gasteiger partial charge in [-0.25, -0.2) is 13.9 Å². The zero-order chi connectivity index (χ0) is 19.6. The highest BCUT2D eigenvalue weighted by Gasteiger charge is 2.32. The molecule has 0 unspecified atom stereocenters. The molecule has 0 spiro atoms. The zero-order valence-electron chi connectivity index (χ0n) is 14.6. The van der Waals surface area contributed by atoms with Gasteiger partial charge in [-0.3, -0.25) is 14.5 Å². The number of cyclic esters (lactones) is 1. The van der Waals surface area contributed by atoms with Crippen LogP contribution >= 0.6 is 0 Å². The Hall–Kier alpha value is -3.43. The molecule has 27 heavy (non-hydrogen) atoms. The number of amides is 2. The smallest absolute Gasteiger partial charge is 0.414 e. The van der Waals surface area contributed by atoms with Gasteiger partial charge in [-0.15, -0.1) is 5.10 Å². The first-order valence-electron chi connectivity index (χ1n) is 8.10. The van der Waals surface area contributed by atoms with Crippen molar-refractivity contribution in [1.29, 1.82) is 0 Å². The molecule has 9 nitrogen and oxygen atoms in total. The number of carbonyl (C=O) groups excluding carboxylic acids is 3. The van der Waals surface area contributed by atoms with Crippen LogP contribution in [-0.2, 0) is 14.3 Å². The van der Waals surface area contributed by atoms with Crippen molar-refractivity contribution in [2.24, 2.45) is 0 Å². The van der Waals surface area contributed by atoms with E-state index in [4.69, 9.17) is 9.47 Å². The Balaban J connectivity index is 1.75. The quantitative estimate of drug-likeness (QED) is 0.792. The molecule has 2 heterocycles. The Morgan fingerprint density at radius 2 is 2.15 bits per heavy atom. The second kappa shape index (κ2) is 7.44. The van der Waals surface area contributed by atoms with E-state index >= 15 is 0 Å². The van der Waals surface area contributed by atoms with Crippen LogP contribution < -0.4 is 15.0 Å². The van der Waals surface area contributed by atoms with Crippen LogP contribution in [0.5, 0.6) is 5.88 Å². The number of hydrogen-bond acceptors (Lipinski definition) is 6. The van der Waals surface area contributed by atoms with Gasteiger partial charge < -0.3 is 14.8 Å². The van der Waals surface area contributed by atoms with Crippen molar-refractivity contribution in [3.63, 3.8) is 0 Å². The van der Waals surface area contributed by atoms with Gasteiger partial charge in [0.1, 0.15) is 11.8 Å². The summed E-state index contributed by atoms with van der Waals surface area (Å²) in [6, 6.07) is 5.61. The van der Waals surface area contributed by atoms with E-state index in [1.54, 1.807) is 6.07 Å². The van der Waals surface area contributed by atoms with Crippen molar-refractivity contribution >= 4 is 23.7 Å². The molecule has 0 bridgehead atoms. The number of nitrogens with zero attached hydrogens (tertiary/aromatic N) is 3. The number of halogens is 1. The van der Waals surface area contributed by atoms with Crippen molar-refractivity contribution in [3.05, 3.63) is 36.3 Å². The van der Waals surface area contributed by atoms with E-state index in [0.717, 1.165) is 0 Å². The molecule has 3 rings (SSSR count). The van der Waals surface area contributed by atoms with E-state index < -0.39 is 24.0 Å². The molecule has 1 fully saturated rings. The number of anilines is 1. The number of benzene rings is 1. The van der Waals surface area contributed by atoms with Crippen LogP contribution in [0.25, 0.3) is 5.69 Å². The van der Waals surface area contributed by atoms with Gasteiger partial charge in [-0.05, 0) is 18.2 Å². The largest absolute Gasteiger partial charge is 0.442 e. The monoisotopic (exact) mass is 376 g/mol. The minimum Gasteiger partial charge on any atom is -0.442 e. The highest BCUT2D eigenvalue weighted by molar-refractivity contribution is 5.90. The van der Waals surface area contributed by atoms with Gasteiger partial charge in [-0.2, -0.15) is 0 Å². The van der Waals surface area contributed by atoms with Gasteiger partial charge in [0.25, 0.3) is 0 Å². The van der Waals surface area contributed by atoms with Crippen molar-refractivity contribution < 1.29 is 28.2 Å². The molecule has 1 atom stereocenters. The highest BCUT2D eigenvalue weighted by Crippen LogP contribution is 2.25. The summed E-state index contributed by atoms with van der Waals surface area (Å²) in [5.74, 6) is -1.33. The number of esters is 1. The summed E-state index contributed by atoms with van der Waals surface area (Å²) >= 11 is 0. The van der Waals surface area contributed by atoms with Gasteiger partial charge in [-0.1, -0.05) is 0 Å². The van der Waals surface area contributed by atoms with Crippen LogP contribution in [0.4, 0.5) is 14.9 Å². The van der Waals surface area contributed by atoms with Gasteiger partial charge in [0.05, 0.1) is 18.8 Å². The third kappa shape index (κ3) is 4.22. The minimum absolute atomic E-state index is 0.0508. The van der Waals surface area contributed by atoms with Gasteiger partial charge in [0.2, 0.25) is 11.8 Å². The van der Waals surface area contributed by atoms with Crippen molar-refractivity contribution in [1.82, 2.24) is 15.1 Å². The summed E-state index contributed by atoms with van der Waals surface area (Å²) in [7, 11) is 0. The molecule has 1 aliphatic heterocycles. The molecule has 0 saturated carbocycles. The third-order valence-corrected chi connectivity index (χ3v) is 3.76. The maximum absolute atomic E-state index is 14.5. The zero-order valence-corrected chi connectivity index (χ0v) is 14.6. The van der Waals surface area contributed by atoms with Gasteiger partial charge in [0, 0.05) is 26.1 Å². The molecule has 2 amide bonds. The Labute approximate surface area is 153 Å². The Kier molecular flexibility index (Phi) is 5.06. The van der Waals surface area contributed by atoms with Crippen LogP contribution in [0.1, 0.15) is 13.8 Å². The summed E-state index contributed by atoms with van der Waals surface area (Å²) in [6.07, 6.45) is 0.319. The van der Waals surface area contributed by atoms with Crippen molar-refractivity contribution in [2.75, 3.05) is 18.0 Å². The molecule has 1 aliphatic rings. The van der Waals surface area contributed by atoms with Crippen LogP contribution in [0.3, 0.4) is 0 Å². The number of ether oxygens (including phenoxy) is 2. The SMILES string of the molecule is CC(=O)NC[C@H]1CN(c2ccc(-n3ccc(OC(C)=O)n3)c(F)c2)C(=O)O1. The first-order valence-corrected chi connectivity index (χ1v) is 8.10. The predicted molar refractivity (Wildman–Crippen MR) is 91.1 cm³/mol. The average Bonchev–Trinajstić information content (AvgIpc) is 3.19. The maximum atomic E-state index is 14.5. The lowest BCUT2D eigenvalue weighted by Gasteiger charge is -2.14. The number of nitrogens with one attached hydrogen (secondary N) is 1. The van der Waals surface area contributed by atoms with Crippen LogP contribution in [0.2, 0.25) is 0 Å². The van der Waals surface area contributed by atoms with E-state index in [-0.39, 0.29) is 30.6 Å². The summed E-state index contributed by atoms with van der Waals surface area (Å²) in [4.78, 5) is 35.2. The van der Waals surface area contributed by atoms with Crippen molar-refractivity contribution in [3.8, 4) is 11.6 Å². The molecule has 1 aromatic heterocycles. The highest BCUT2D eigenvalue weighted by atomic mass is 19.1. The Morgan fingerprint density at radius 3 is 2.81 bits per heavy atom. The number of aromatic nitrogens is 2. The Bertz CT molecular complexity index is 897. The third-order valence-electron chi connectivity index (χ3n) is 3.76. The van der Waals surface area contributed by atoms with Gasteiger partial charge in [0.15, 0.2) is 5.82 Å². The average molecular weight is 376 g/mol. The molecule has 0 aliphatic carbocycles. The standard InChI is InChI=1S/C17H17FN4O5/c1-10(23)19-8-13-9-21(17(25)27-13)12-3-4-15(14(18)7-12)22-6-5-16(20-22)26-11(2)24/h3-7,13H,8-9H2,1-2H3,(H,19,23)/t13-/m0/s1. The fourth-order valence-corrected chi connectivity index (χ4v) is 2.59. The Morgan fingerprint density at radius 1 is 1.37 bits per heavy atom. The van der Waals surface area contributed by atoms with Crippen molar-refractivity contribution in [2.45, 2.75) is 20.0 Å². The molecule has 0 radical (unpaired) electrons. The van der Waals surface area contributed by atoms with E-state index in [1.165, 1.54) is 47.8 Å². The lowest BCUT2D eigenvalue weighted by atomic mass is 10.2. The number of rotatable bonds is 5. The second-order valence-electron chi connectivity index (χ2n) is 5.88. The van der Waals surface area contributed by atoms with Crippen LogP contribution in [-0.4, -0.2) is 46.9 Å². The van der Waals surface area contributed by atoms with Crippen LogP contribution in [0.15, 0.2) is 30.5 Å². The molecule has 1 aromatic carbocycles. The summed E-state index contributed by atoms with van der Waals surface area (Å²) in [6.45, 7) is 2.98. The fourth-order valence-electron chi connectivity index (χ4n) is 2.59. The normalized spacial score (nSPS) is 16.2. The number of carbonyl (C=O) groups is 3. The molecule has 2 aromatic rings. The van der Waals surface area contributed by atoms with E-state index in [1.807, 2.05) is 0 Å². The van der Waals surface area contributed by atoms with E-state index in [0.29, 0.717) is 5.69 Å². The summed E-state index contributed by atoms with van der Waals surface area (Å²) in [5.41, 5.74) is 0.443. The topological polar surface area (TPSA) is 103 Å². The summed E-state index contributed by atoms with van der Waals surface area (Å²) < 4.78 is 25.7. The minimum atomic E-state index is -0.622. The molecule has 1 saturated heterocycles. The lowest BCUT2D eigenvalue weighted by molar-refractivity contribution is -0.132. The van der Waals surface area contributed by atoms with E-state index in [2.05, 4.69) is 10.4 Å².